The second-order valence-corrected chi connectivity index (χ2v) is 7.91. The highest BCUT2D eigenvalue weighted by Crippen LogP contribution is 2.23. The van der Waals surface area contributed by atoms with Crippen LogP contribution in [0.2, 0.25) is 0 Å². The van der Waals surface area contributed by atoms with Crippen LogP contribution in [0.5, 0.6) is 11.5 Å². The fourth-order valence-corrected chi connectivity index (χ4v) is 3.91. The molecule has 172 valence electrons. The normalized spacial score (nSPS) is 16.2. The van der Waals surface area contributed by atoms with Crippen LogP contribution < -0.4 is 14.8 Å². The molecular weight excluding hydrogens is 420 g/mol. The summed E-state index contributed by atoms with van der Waals surface area (Å²) in [6, 6.07) is 14.9. The van der Waals surface area contributed by atoms with E-state index in [-0.39, 0.29) is 0 Å². The SMILES string of the molecule is COc1ccc(-c2cnc(Nc3ccc(OCCN4CCCCC4C(=O)O)cc3)nc2)cc1. The summed E-state index contributed by atoms with van der Waals surface area (Å²) in [5.74, 6) is 1.30. The summed E-state index contributed by atoms with van der Waals surface area (Å²) in [4.78, 5) is 22.2. The van der Waals surface area contributed by atoms with Gasteiger partial charge in [0.25, 0.3) is 0 Å². The number of methoxy groups -OCH3 is 1. The van der Waals surface area contributed by atoms with Crippen LogP contribution >= 0.6 is 0 Å². The van der Waals surface area contributed by atoms with Gasteiger partial charge in [-0.2, -0.15) is 0 Å². The van der Waals surface area contributed by atoms with Crippen molar-refractivity contribution in [3.63, 3.8) is 0 Å². The lowest BCUT2D eigenvalue weighted by Gasteiger charge is -2.32. The summed E-state index contributed by atoms with van der Waals surface area (Å²) in [6.45, 7) is 1.86. The van der Waals surface area contributed by atoms with E-state index in [0.29, 0.717) is 25.5 Å². The van der Waals surface area contributed by atoms with Crippen LogP contribution in [0.15, 0.2) is 60.9 Å². The van der Waals surface area contributed by atoms with Crippen LogP contribution in [0.25, 0.3) is 11.1 Å². The summed E-state index contributed by atoms with van der Waals surface area (Å²) >= 11 is 0. The molecular formula is C25H28N4O4. The number of carboxylic acids is 1. The van der Waals surface area contributed by atoms with Crippen molar-refractivity contribution < 1.29 is 19.4 Å². The molecule has 1 unspecified atom stereocenters. The number of rotatable bonds is 9. The number of ether oxygens (including phenoxy) is 2. The van der Waals surface area contributed by atoms with Crippen molar-refractivity contribution in [1.82, 2.24) is 14.9 Å². The van der Waals surface area contributed by atoms with Gasteiger partial charge in [-0.3, -0.25) is 9.69 Å². The van der Waals surface area contributed by atoms with E-state index in [1.165, 1.54) is 0 Å². The molecule has 1 aliphatic heterocycles. The molecule has 1 saturated heterocycles. The molecule has 4 rings (SSSR count). The number of anilines is 2. The van der Waals surface area contributed by atoms with E-state index in [2.05, 4.69) is 15.3 Å². The molecule has 0 amide bonds. The third-order valence-electron chi connectivity index (χ3n) is 5.73. The number of carboxylic acid groups (broad SMARTS) is 1. The Kier molecular flexibility index (Phi) is 7.36. The van der Waals surface area contributed by atoms with Crippen LogP contribution in [-0.2, 0) is 4.79 Å². The van der Waals surface area contributed by atoms with Crippen molar-refractivity contribution in [1.29, 1.82) is 0 Å². The van der Waals surface area contributed by atoms with Crippen molar-refractivity contribution in [3.05, 3.63) is 60.9 Å². The van der Waals surface area contributed by atoms with Crippen molar-refractivity contribution in [2.45, 2.75) is 25.3 Å². The van der Waals surface area contributed by atoms with Gasteiger partial charge in [0.1, 0.15) is 24.1 Å². The Bertz CT molecular complexity index is 1040. The molecule has 3 aromatic rings. The summed E-state index contributed by atoms with van der Waals surface area (Å²) in [5.41, 5.74) is 2.79. The average molecular weight is 449 g/mol. The number of hydrogen-bond donors (Lipinski definition) is 2. The number of likely N-dealkylation sites (tertiary alicyclic amines) is 1. The number of benzene rings is 2. The minimum absolute atomic E-state index is 0.398. The second kappa shape index (κ2) is 10.8. The number of hydrogen-bond acceptors (Lipinski definition) is 7. The zero-order valence-corrected chi connectivity index (χ0v) is 18.6. The molecule has 33 heavy (non-hydrogen) atoms. The van der Waals surface area contributed by atoms with Gasteiger partial charge in [0.05, 0.1) is 7.11 Å². The maximum Gasteiger partial charge on any atom is 0.320 e. The van der Waals surface area contributed by atoms with Crippen LogP contribution in [0.1, 0.15) is 19.3 Å². The lowest BCUT2D eigenvalue weighted by atomic mass is 10.0. The molecule has 2 N–H and O–H groups in total. The quantitative estimate of drug-likeness (QED) is 0.502. The molecule has 8 heteroatoms. The summed E-state index contributed by atoms with van der Waals surface area (Å²) in [5, 5.41) is 12.5. The standard InChI is InChI=1S/C25H28N4O4/c1-32-21-9-5-18(6-10-21)19-16-26-25(27-17-19)28-20-7-11-22(12-8-20)33-15-14-29-13-3-2-4-23(29)24(30)31/h5-12,16-17,23H,2-4,13-15H2,1H3,(H,30,31)(H,26,27,28). The van der Waals surface area contributed by atoms with Crippen LogP contribution in [0.4, 0.5) is 11.6 Å². The van der Waals surface area contributed by atoms with Gasteiger partial charge in [0.2, 0.25) is 5.95 Å². The van der Waals surface area contributed by atoms with E-state index >= 15 is 0 Å². The van der Waals surface area contributed by atoms with E-state index in [9.17, 15) is 9.90 Å². The first-order chi connectivity index (χ1) is 16.1. The van der Waals surface area contributed by atoms with E-state index in [1.807, 2.05) is 53.4 Å². The zero-order valence-electron chi connectivity index (χ0n) is 18.6. The molecule has 1 aliphatic rings. The Balaban J connectivity index is 1.28. The van der Waals surface area contributed by atoms with E-state index in [1.54, 1.807) is 19.5 Å². The van der Waals surface area contributed by atoms with Crippen molar-refractivity contribution >= 4 is 17.6 Å². The largest absolute Gasteiger partial charge is 0.497 e. The molecule has 2 aromatic carbocycles. The van der Waals surface area contributed by atoms with Gasteiger partial charge in [0, 0.05) is 30.2 Å². The van der Waals surface area contributed by atoms with Gasteiger partial charge >= 0.3 is 5.97 Å². The van der Waals surface area contributed by atoms with Gasteiger partial charge in [-0.25, -0.2) is 9.97 Å². The maximum atomic E-state index is 11.4. The van der Waals surface area contributed by atoms with Gasteiger partial charge < -0.3 is 19.9 Å². The Morgan fingerprint density at radius 3 is 2.39 bits per heavy atom. The minimum Gasteiger partial charge on any atom is -0.497 e. The molecule has 0 radical (unpaired) electrons. The molecule has 2 heterocycles. The van der Waals surface area contributed by atoms with E-state index in [4.69, 9.17) is 9.47 Å². The number of aliphatic carboxylic acids is 1. The predicted molar refractivity (Wildman–Crippen MR) is 126 cm³/mol. The second-order valence-electron chi connectivity index (χ2n) is 7.91. The van der Waals surface area contributed by atoms with Gasteiger partial charge in [-0.1, -0.05) is 18.6 Å². The van der Waals surface area contributed by atoms with Crippen LogP contribution in [-0.4, -0.2) is 58.8 Å². The molecule has 8 nitrogen and oxygen atoms in total. The number of piperidine rings is 1. The first-order valence-corrected chi connectivity index (χ1v) is 11.1. The maximum absolute atomic E-state index is 11.4. The Labute approximate surface area is 193 Å². The minimum atomic E-state index is -0.746. The first-order valence-electron chi connectivity index (χ1n) is 11.1. The van der Waals surface area contributed by atoms with Crippen molar-refractivity contribution in [2.75, 3.05) is 32.1 Å². The fraction of sp³-hybridized carbons (Fsp3) is 0.320. The van der Waals surface area contributed by atoms with Crippen molar-refractivity contribution in [3.8, 4) is 22.6 Å². The number of carbonyl (C=O) groups is 1. The molecule has 0 bridgehead atoms. The Hall–Kier alpha value is -3.65. The molecule has 0 saturated carbocycles. The van der Waals surface area contributed by atoms with Gasteiger partial charge in [0.15, 0.2) is 0 Å². The lowest BCUT2D eigenvalue weighted by Crippen LogP contribution is -2.46. The average Bonchev–Trinajstić information content (AvgIpc) is 2.86. The molecule has 0 aliphatic carbocycles. The van der Waals surface area contributed by atoms with E-state index in [0.717, 1.165) is 47.7 Å². The van der Waals surface area contributed by atoms with Crippen molar-refractivity contribution in [2.24, 2.45) is 0 Å². The van der Waals surface area contributed by atoms with Gasteiger partial charge in [-0.15, -0.1) is 0 Å². The highest BCUT2D eigenvalue weighted by Gasteiger charge is 2.27. The lowest BCUT2D eigenvalue weighted by molar-refractivity contribution is -0.144. The highest BCUT2D eigenvalue weighted by atomic mass is 16.5. The number of nitrogens with zero attached hydrogens (tertiary/aromatic N) is 3. The van der Waals surface area contributed by atoms with Gasteiger partial charge in [-0.05, 0) is 61.3 Å². The highest BCUT2D eigenvalue weighted by molar-refractivity contribution is 5.73. The smallest absolute Gasteiger partial charge is 0.320 e. The molecule has 1 aromatic heterocycles. The summed E-state index contributed by atoms with van der Waals surface area (Å²) in [6.07, 6.45) is 6.27. The first kappa shape index (κ1) is 22.5. The third kappa shape index (κ3) is 5.98. The molecule has 1 atom stereocenters. The molecule has 0 spiro atoms. The summed E-state index contributed by atoms with van der Waals surface area (Å²) < 4.78 is 11.0. The number of aromatic nitrogens is 2. The number of nitrogens with one attached hydrogen (secondary N) is 1. The van der Waals surface area contributed by atoms with Crippen LogP contribution in [0.3, 0.4) is 0 Å². The summed E-state index contributed by atoms with van der Waals surface area (Å²) in [7, 11) is 1.64. The predicted octanol–water partition coefficient (Wildman–Crippen LogP) is 4.21. The third-order valence-corrected chi connectivity index (χ3v) is 5.73. The topological polar surface area (TPSA) is 96.8 Å². The van der Waals surface area contributed by atoms with E-state index < -0.39 is 12.0 Å². The Morgan fingerprint density at radius 1 is 1.03 bits per heavy atom. The fourth-order valence-electron chi connectivity index (χ4n) is 3.91. The Morgan fingerprint density at radius 2 is 1.73 bits per heavy atom. The molecule has 1 fully saturated rings. The monoisotopic (exact) mass is 448 g/mol. The van der Waals surface area contributed by atoms with Crippen LogP contribution in [0, 0.1) is 0 Å². The zero-order chi connectivity index (χ0) is 23.0.